The summed E-state index contributed by atoms with van der Waals surface area (Å²) in [6, 6.07) is 10.3. The van der Waals surface area contributed by atoms with E-state index in [1.165, 1.54) is 12.1 Å². The Morgan fingerprint density at radius 2 is 1.75 bits per heavy atom. The molecule has 1 N–H and O–H groups in total. The highest BCUT2D eigenvalue weighted by Gasteiger charge is 2.27. The molecule has 0 aromatic heterocycles. The number of hydrogen-bond donors (Lipinski definition) is 1. The summed E-state index contributed by atoms with van der Waals surface area (Å²) in [6.07, 6.45) is 3.58. The van der Waals surface area contributed by atoms with Crippen molar-refractivity contribution in [1.29, 1.82) is 0 Å². The summed E-state index contributed by atoms with van der Waals surface area (Å²) in [4.78, 5) is 0. The average Bonchev–Trinajstić information content (AvgIpc) is 3.07. The first-order chi connectivity index (χ1) is 13.2. The third-order valence-electron chi connectivity index (χ3n) is 4.64. The Bertz CT molecular complexity index is 949. The SMILES string of the molecule is CC(C)S(=O)(=O)NC1CCC=C1c1ccc(OCc2cc(F)cc(F)c2)cc1. The maximum absolute atomic E-state index is 13.2. The standard InChI is InChI=1S/C21H23F2NO3S/c1-14(2)28(25,26)24-21-5-3-4-20(21)16-6-8-19(9-7-16)27-13-15-10-17(22)12-18(23)11-15/h4,6-12,14,21,24H,3,5,13H2,1-2H3. The van der Waals surface area contributed by atoms with Crippen LogP contribution in [0.5, 0.6) is 5.75 Å². The fourth-order valence-corrected chi connectivity index (χ4v) is 4.00. The average molecular weight is 407 g/mol. The molecular weight excluding hydrogens is 384 g/mol. The van der Waals surface area contributed by atoms with Crippen LogP contribution in [0, 0.1) is 11.6 Å². The van der Waals surface area contributed by atoms with Crippen molar-refractivity contribution in [2.75, 3.05) is 0 Å². The third-order valence-corrected chi connectivity index (χ3v) is 6.49. The molecule has 1 aliphatic rings. The smallest absolute Gasteiger partial charge is 0.214 e. The second-order valence-electron chi connectivity index (χ2n) is 7.09. The van der Waals surface area contributed by atoms with Crippen LogP contribution in [0.1, 0.15) is 37.8 Å². The van der Waals surface area contributed by atoms with Gasteiger partial charge in [-0.1, -0.05) is 18.2 Å². The van der Waals surface area contributed by atoms with Crippen molar-refractivity contribution < 1.29 is 21.9 Å². The molecule has 0 amide bonds. The normalized spacial score (nSPS) is 17.0. The van der Waals surface area contributed by atoms with Gasteiger partial charge in [0, 0.05) is 12.1 Å². The molecule has 7 heteroatoms. The summed E-state index contributed by atoms with van der Waals surface area (Å²) in [5.41, 5.74) is 2.27. The third kappa shape index (κ3) is 4.97. The molecular formula is C21H23F2NO3S. The molecule has 1 aliphatic carbocycles. The molecule has 0 aliphatic heterocycles. The fourth-order valence-electron chi connectivity index (χ4n) is 3.08. The van der Waals surface area contributed by atoms with Gasteiger partial charge >= 0.3 is 0 Å². The Morgan fingerprint density at radius 3 is 2.36 bits per heavy atom. The van der Waals surface area contributed by atoms with E-state index in [0.29, 0.717) is 11.3 Å². The molecule has 0 spiro atoms. The molecule has 4 nitrogen and oxygen atoms in total. The first-order valence-electron chi connectivity index (χ1n) is 9.14. The predicted molar refractivity (Wildman–Crippen MR) is 105 cm³/mol. The molecule has 2 aromatic rings. The largest absolute Gasteiger partial charge is 0.489 e. The zero-order chi connectivity index (χ0) is 20.3. The van der Waals surface area contributed by atoms with Crippen molar-refractivity contribution in [3.05, 3.63) is 71.3 Å². The van der Waals surface area contributed by atoms with E-state index in [1.54, 1.807) is 26.0 Å². The molecule has 150 valence electrons. The van der Waals surface area contributed by atoms with Crippen LogP contribution in [0.4, 0.5) is 8.78 Å². The molecule has 0 saturated heterocycles. The summed E-state index contributed by atoms with van der Waals surface area (Å²) in [6.45, 7) is 3.35. The van der Waals surface area contributed by atoms with E-state index < -0.39 is 26.9 Å². The number of ether oxygens (including phenoxy) is 1. The number of nitrogens with one attached hydrogen (secondary N) is 1. The highest BCUT2D eigenvalue weighted by molar-refractivity contribution is 7.90. The number of rotatable bonds is 7. The van der Waals surface area contributed by atoms with Gasteiger partial charge in [-0.15, -0.1) is 0 Å². The van der Waals surface area contributed by atoms with Gasteiger partial charge in [0.1, 0.15) is 24.0 Å². The first kappa shape index (κ1) is 20.5. The minimum atomic E-state index is -3.35. The van der Waals surface area contributed by atoms with Crippen molar-refractivity contribution in [2.24, 2.45) is 0 Å². The Labute approximate surface area is 164 Å². The summed E-state index contributed by atoms with van der Waals surface area (Å²) in [7, 11) is -3.35. The molecule has 0 fully saturated rings. The number of halogens is 2. The highest BCUT2D eigenvalue weighted by atomic mass is 32.2. The van der Waals surface area contributed by atoms with E-state index in [2.05, 4.69) is 4.72 Å². The van der Waals surface area contributed by atoms with Gasteiger partial charge in [0.2, 0.25) is 10.0 Å². The second kappa shape index (κ2) is 8.41. The van der Waals surface area contributed by atoms with Crippen molar-refractivity contribution in [2.45, 2.75) is 44.6 Å². The number of hydrogen-bond acceptors (Lipinski definition) is 3. The van der Waals surface area contributed by atoms with Crippen LogP contribution in [0.3, 0.4) is 0 Å². The van der Waals surface area contributed by atoms with Crippen LogP contribution >= 0.6 is 0 Å². The van der Waals surface area contributed by atoms with Crippen molar-refractivity contribution in [3.8, 4) is 5.75 Å². The molecule has 3 rings (SSSR count). The lowest BCUT2D eigenvalue weighted by Crippen LogP contribution is -2.38. The number of sulfonamides is 1. The fraction of sp³-hybridized carbons (Fsp3) is 0.333. The summed E-state index contributed by atoms with van der Waals surface area (Å²) >= 11 is 0. The minimum Gasteiger partial charge on any atom is -0.489 e. The highest BCUT2D eigenvalue weighted by Crippen LogP contribution is 2.30. The maximum atomic E-state index is 13.2. The molecule has 1 atom stereocenters. The topological polar surface area (TPSA) is 55.4 Å². The Kier molecular flexibility index (Phi) is 6.15. The van der Waals surface area contributed by atoms with E-state index in [-0.39, 0.29) is 12.6 Å². The van der Waals surface area contributed by atoms with Crippen molar-refractivity contribution in [1.82, 2.24) is 4.72 Å². The van der Waals surface area contributed by atoms with Crippen LogP contribution in [0.25, 0.3) is 5.57 Å². The van der Waals surface area contributed by atoms with Crippen LogP contribution in [0.2, 0.25) is 0 Å². The zero-order valence-electron chi connectivity index (χ0n) is 15.8. The van der Waals surface area contributed by atoms with Gasteiger partial charge in [0.25, 0.3) is 0 Å². The molecule has 0 bridgehead atoms. The van der Waals surface area contributed by atoms with Gasteiger partial charge in [-0.2, -0.15) is 0 Å². The van der Waals surface area contributed by atoms with Gasteiger partial charge in [-0.25, -0.2) is 21.9 Å². The lowest BCUT2D eigenvalue weighted by Gasteiger charge is -2.19. The van der Waals surface area contributed by atoms with Gasteiger partial charge in [0.05, 0.1) is 5.25 Å². The van der Waals surface area contributed by atoms with Crippen molar-refractivity contribution >= 4 is 15.6 Å². The molecule has 0 saturated carbocycles. The molecule has 28 heavy (non-hydrogen) atoms. The van der Waals surface area contributed by atoms with Crippen LogP contribution in [0.15, 0.2) is 48.5 Å². The van der Waals surface area contributed by atoms with E-state index in [4.69, 9.17) is 4.74 Å². The van der Waals surface area contributed by atoms with E-state index in [0.717, 1.165) is 30.0 Å². The Morgan fingerprint density at radius 1 is 1.11 bits per heavy atom. The monoisotopic (exact) mass is 407 g/mol. The summed E-state index contributed by atoms with van der Waals surface area (Å²) in [5.74, 6) is -0.722. The van der Waals surface area contributed by atoms with E-state index in [9.17, 15) is 17.2 Å². The molecule has 2 aromatic carbocycles. The van der Waals surface area contributed by atoms with Gasteiger partial charge in [-0.3, -0.25) is 0 Å². The minimum absolute atomic E-state index is 0.0491. The summed E-state index contributed by atoms with van der Waals surface area (Å²) in [5, 5.41) is -0.488. The number of allylic oxidation sites excluding steroid dienone is 1. The molecule has 0 heterocycles. The summed E-state index contributed by atoms with van der Waals surface area (Å²) < 4.78 is 59.2. The zero-order valence-corrected chi connectivity index (χ0v) is 16.6. The predicted octanol–water partition coefficient (Wildman–Crippen LogP) is 4.42. The number of benzene rings is 2. The van der Waals surface area contributed by atoms with Gasteiger partial charge < -0.3 is 4.74 Å². The van der Waals surface area contributed by atoms with E-state index in [1.807, 2.05) is 18.2 Å². The maximum Gasteiger partial charge on any atom is 0.214 e. The van der Waals surface area contributed by atoms with Crippen LogP contribution in [-0.2, 0) is 16.6 Å². The second-order valence-corrected chi connectivity index (χ2v) is 9.36. The van der Waals surface area contributed by atoms with Crippen molar-refractivity contribution in [3.63, 3.8) is 0 Å². The Hall–Kier alpha value is -2.25. The Balaban J connectivity index is 1.66. The van der Waals surface area contributed by atoms with Crippen LogP contribution < -0.4 is 9.46 Å². The molecule has 0 radical (unpaired) electrons. The molecule has 1 unspecified atom stereocenters. The first-order valence-corrected chi connectivity index (χ1v) is 10.7. The van der Waals surface area contributed by atoms with Gasteiger partial charge in [-0.05, 0) is 67.7 Å². The van der Waals surface area contributed by atoms with E-state index >= 15 is 0 Å². The lowest BCUT2D eigenvalue weighted by atomic mass is 10.0. The lowest BCUT2D eigenvalue weighted by molar-refractivity contribution is 0.305. The van der Waals surface area contributed by atoms with Gasteiger partial charge in [0.15, 0.2) is 0 Å². The van der Waals surface area contributed by atoms with Crippen LogP contribution in [-0.4, -0.2) is 19.7 Å². The quantitative estimate of drug-likeness (QED) is 0.739.